The van der Waals surface area contributed by atoms with Crippen molar-refractivity contribution in [2.45, 2.75) is 45.1 Å². The summed E-state index contributed by atoms with van der Waals surface area (Å²) < 4.78 is 10.6. The highest BCUT2D eigenvalue weighted by atomic mass is 16.5. The van der Waals surface area contributed by atoms with Crippen LogP contribution in [-0.4, -0.2) is 49.0 Å². The van der Waals surface area contributed by atoms with Gasteiger partial charge in [0.25, 0.3) is 0 Å². The lowest BCUT2D eigenvalue weighted by atomic mass is 9.73. The SMILES string of the molecule is COc1coc(CN2CCC[C@]3(CCC(=O)N(CC4CC4)C3)C2)cc1=O. The summed E-state index contributed by atoms with van der Waals surface area (Å²) in [6.45, 7) is 4.46. The fourth-order valence-electron chi connectivity index (χ4n) is 4.55. The highest BCUT2D eigenvalue weighted by Crippen LogP contribution is 2.41. The van der Waals surface area contributed by atoms with Crippen molar-refractivity contribution in [2.24, 2.45) is 11.3 Å². The van der Waals surface area contributed by atoms with Crippen LogP contribution in [0.2, 0.25) is 0 Å². The largest absolute Gasteiger partial charge is 0.490 e. The zero-order valence-corrected chi connectivity index (χ0v) is 15.5. The number of rotatable bonds is 5. The summed E-state index contributed by atoms with van der Waals surface area (Å²) in [4.78, 5) is 28.8. The van der Waals surface area contributed by atoms with Crippen LogP contribution in [-0.2, 0) is 11.3 Å². The Morgan fingerprint density at radius 2 is 2.12 bits per heavy atom. The second-order valence-corrected chi connectivity index (χ2v) is 8.31. The Morgan fingerprint density at radius 3 is 2.85 bits per heavy atom. The molecule has 26 heavy (non-hydrogen) atoms. The second-order valence-electron chi connectivity index (χ2n) is 8.31. The Balaban J connectivity index is 1.42. The smallest absolute Gasteiger partial charge is 0.227 e. The van der Waals surface area contributed by atoms with Gasteiger partial charge in [0.2, 0.25) is 17.1 Å². The van der Waals surface area contributed by atoms with E-state index in [1.807, 2.05) is 0 Å². The number of hydrogen-bond acceptors (Lipinski definition) is 5. The number of carbonyl (C=O) groups is 1. The number of hydrogen-bond donors (Lipinski definition) is 0. The molecule has 1 atom stereocenters. The molecule has 1 amide bonds. The molecule has 4 rings (SSSR count). The van der Waals surface area contributed by atoms with Crippen molar-refractivity contribution < 1.29 is 13.9 Å². The van der Waals surface area contributed by atoms with Gasteiger partial charge in [-0.1, -0.05) is 0 Å². The second kappa shape index (κ2) is 7.06. The average molecular weight is 360 g/mol. The van der Waals surface area contributed by atoms with Gasteiger partial charge in [-0.2, -0.15) is 0 Å². The molecule has 6 heteroatoms. The first-order chi connectivity index (χ1) is 12.6. The monoisotopic (exact) mass is 360 g/mol. The van der Waals surface area contributed by atoms with Gasteiger partial charge in [0, 0.05) is 37.5 Å². The minimum atomic E-state index is -0.139. The first-order valence-electron chi connectivity index (χ1n) is 9.73. The summed E-state index contributed by atoms with van der Waals surface area (Å²) in [6.07, 6.45) is 7.93. The highest BCUT2D eigenvalue weighted by Gasteiger charge is 2.42. The number of likely N-dealkylation sites (tertiary alicyclic amines) is 2. The molecular formula is C20H28N2O4. The van der Waals surface area contributed by atoms with Crippen molar-refractivity contribution in [3.05, 3.63) is 28.3 Å². The molecule has 2 saturated heterocycles. The number of amides is 1. The van der Waals surface area contributed by atoms with Gasteiger partial charge in [-0.05, 0) is 44.6 Å². The molecular weight excluding hydrogens is 332 g/mol. The molecule has 3 fully saturated rings. The third-order valence-corrected chi connectivity index (χ3v) is 6.12. The number of piperidine rings is 2. The summed E-state index contributed by atoms with van der Waals surface area (Å²) in [7, 11) is 1.47. The van der Waals surface area contributed by atoms with Gasteiger partial charge >= 0.3 is 0 Å². The third-order valence-electron chi connectivity index (χ3n) is 6.12. The lowest BCUT2D eigenvalue weighted by molar-refractivity contribution is -0.139. The molecule has 0 N–H and O–H groups in total. The van der Waals surface area contributed by atoms with E-state index in [4.69, 9.17) is 9.15 Å². The molecule has 0 radical (unpaired) electrons. The van der Waals surface area contributed by atoms with E-state index in [9.17, 15) is 9.59 Å². The molecule has 0 bridgehead atoms. The van der Waals surface area contributed by atoms with Crippen LogP contribution in [0.1, 0.15) is 44.3 Å². The van der Waals surface area contributed by atoms with E-state index in [1.165, 1.54) is 38.7 Å². The van der Waals surface area contributed by atoms with Gasteiger partial charge in [-0.25, -0.2) is 0 Å². The lowest BCUT2D eigenvalue weighted by Crippen LogP contribution is -2.54. The predicted octanol–water partition coefficient (Wildman–Crippen LogP) is 2.26. The van der Waals surface area contributed by atoms with Gasteiger partial charge in [0.1, 0.15) is 12.0 Å². The Hall–Kier alpha value is -1.82. The van der Waals surface area contributed by atoms with Gasteiger partial charge in [0.05, 0.1) is 13.7 Å². The Morgan fingerprint density at radius 1 is 1.27 bits per heavy atom. The number of nitrogens with zero attached hydrogens (tertiary/aromatic N) is 2. The van der Waals surface area contributed by atoms with Crippen molar-refractivity contribution in [3.63, 3.8) is 0 Å². The minimum absolute atomic E-state index is 0.139. The molecule has 3 heterocycles. The predicted molar refractivity (Wildman–Crippen MR) is 97.0 cm³/mol. The highest BCUT2D eigenvalue weighted by molar-refractivity contribution is 5.77. The van der Waals surface area contributed by atoms with Crippen molar-refractivity contribution in [1.29, 1.82) is 0 Å². The van der Waals surface area contributed by atoms with Crippen LogP contribution in [0.3, 0.4) is 0 Å². The van der Waals surface area contributed by atoms with Gasteiger partial charge < -0.3 is 14.1 Å². The van der Waals surface area contributed by atoms with E-state index in [1.54, 1.807) is 0 Å². The maximum atomic E-state index is 12.3. The van der Waals surface area contributed by atoms with Gasteiger partial charge in [-0.15, -0.1) is 0 Å². The Bertz CT molecular complexity index is 727. The molecule has 0 unspecified atom stereocenters. The van der Waals surface area contributed by atoms with Crippen LogP contribution in [0.5, 0.6) is 5.75 Å². The van der Waals surface area contributed by atoms with Crippen molar-refractivity contribution >= 4 is 5.91 Å². The Labute approximate surface area is 154 Å². The normalized spacial score (nSPS) is 27.1. The van der Waals surface area contributed by atoms with E-state index in [0.29, 0.717) is 24.6 Å². The van der Waals surface area contributed by atoms with Gasteiger partial charge in [-0.3, -0.25) is 14.5 Å². The van der Waals surface area contributed by atoms with Crippen LogP contribution >= 0.6 is 0 Å². The van der Waals surface area contributed by atoms with E-state index >= 15 is 0 Å². The first kappa shape index (κ1) is 17.6. The van der Waals surface area contributed by atoms with Gasteiger partial charge in [0.15, 0.2) is 0 Å². The summed E-state index contributed by atoms with van der Waals surface area (Å²) >= 11 is 0. The van der Waals surface area contributed by atoms with Crippen molar-refractivity contribution in [2.75, 3.05) is 33.3 Å². The van der Waals surface area contributed by atoms with Crippen LogP contribution in [0.15, 0.2) is 21.5 Å². The van der Waals surface area contributed by atoms with Crippen LogP contribution in [0, 0.1) is 11.3 Å². The third kappa shape index (κ3) is 3.80. The standard InChI is InChI=1S/C20H28N2O4/c1-25-18-12-26-16(9-17(18)23)11-21-8-2-6-20(13-21)7-5-19(24)22(14-20)10-15-3-4-15/h9,12,15H,2-8,10-11,13-14H2,1H3/t20-/m0/s1. The lowest BCUT2D eigenvalue weighted by Gasteiger charge is -2.48. The summed E-state index contributed by atoms with van der Waals surface area (Å²) in [5, 5.41) is 0. The molecule has 1 saturated carbocycles. The number of ether oxygens (including phenoxy) is 1. The first-order valence-corrected chi connectivity index (χ1v) is 9.73. The molecule has 6 nitrogen and oxygen atoms in total. The minimum Gasteiger partial charge on any atom is -0.490 e. The number of carbonyl (C=O) groups excluding carboxylic acids is 1. The van der Waals surface area contributed by atoms with Crippen molar-refractivity contribution in [1.82, 2.24) is 9.80 Å². The fourth-order valence-corrected chi connectivity index (χ4v) is 4.55. The Kier molecular flexibility index (Phi) is 4.78. The van der Waals surface area contributed by atoms with E-state index in [2.05, 4.69) is 9.80 Å². The molecule has 142 valence electrons. The molecule has 0 aromatic carbocycles. The molecule has 1 spiro atoms. The average Bonchev–Trinajstić information content (AvgIpc) is 3.43. The molecule has 1 aliphatic carbocycles. The molecule has 1 aromatic rings. The van der Waals surface area contributed by atoms with Crippen LogP contribution < -0.4 is 10.2 Å². The zero-order chi connectivity index (χ0) is 18.1. The summed E-state index contributed by atoms with van der Waals surface area (Å²) in [6, 6.07) is 1.53. The molecule has 3 aliphatic rings. The maximum absolute atomic E-state index is 12.3. The van der Waals surface area contributed by atoms with E-state index in [0.717, 1.165) is 44.9 Å². The van der Waals surface area contributed by atoms with E-state index < -0.39 is 0 Å². The quantitative estimate of drug-likeness (QED) is 0.806. The van der Waals surface area contributed by atoms with Crippen LogP contribution in [0.25, 0.3) is 0 Å². The summed E-state index contributed by atoms with van der Waals surface area (Å²) in [5.74, 6) is 1.99. The van der Waals surface area contributed by atoms with Crippen LogP contribution in [0.4, 0.5) is 0 Å². The van der Waals surface area contributed by atoms with E-state index in [-0.39, 0.29) is 16.6 Å². The van der Waals surface area contributed by atoms with Crippen molar-refractivity contribution in [3.8, 4) is 5.75 Å². The zero-order valence-electron chi connectivity index (χ0n) is 15.5. The number of methoxy groups -OCH3 is 1. The topological polar surface area (TPSA) is 63.0 Å². The maximum Gasteiger partial charge on any atom is 0.227 e. The summed E-state index contributed by atoms with van der Waals surface area (Å²) in [5.41, 5.74) is 0.0627. The molecule has 2 aliphatic heterocycles. The fraction of sp³-hybridized carbons (Fsp3) is 0.700. The molecule has 1 aromatic heterocycles.